The van der Waals surface area contributed by atoms with Crippen molar-refractivity contribution in [1.29, 1.82) is 0 Å². The van der Waals surface area contributed by atoms with Crippen molar-refractivity contribution in [3.63, 3.8) is 0 Å². The normalized spacial score (nSPS) is 12.7. The lowest BCUT2D eigenvalue weighted by atomic mass is 10.0. The zero-order valence-electron chi connectivity index (χ0n) is 9.86. The third kappa shape index (κ3) is 3.28. The van der Waals surface area contributed by atoms with Crippen molar-refractivity contribution in [3.8, 4) is 0 Å². The minimum absolute atomic E-state index is 0.197. The first kappa shape index (κ1) is 13.5. The Morgan fingerprint density at radius 1 is 1.44 bits per heavy atom. The molecule has 1 aromatic carbocycles. The summed E-state index contributed by atoms with van der Waals surface area (Å²) in [6, 6.07) is 4.53. The molecule has 2 nitrogen and oxygen atoms in total. The number of aliphatic hydroxyl groups excluding tert-OH is 1. The number of thiazole rings is 1. The lowest BCUT2D eigenvalue weighted by Gasteiger charge is -2.11. The van der Waals surface area contributed by atoms with E-state index in [9.17, 15) is 9.50 Å². The van der Waals surface area contributed by atoms with Gasteiger partial charge in [-0.25, -0.2) is 9.37 Å². The smallest absolute Gasteiger partial charge is 0.127 e. The van der Waals surface area contributed by atoms with Gasteiger partial charge in [-0.3, -0.25) is 0 Å². The van der Waals surface area contributed by atoms with Crippen molar-refractivity contribution in [2.45, 2.75) is 25.9 Å². The van der Waals surface area contributed by atoms with Gasteiger partial charge in [0.1, 0.15) is 5.82 Å². The first-order valence-corrected chi connectivity index (χ1v) is 6.84. The third-order valence-corrected chi connectivity index (χ3v) is 3.79. The van der Waals surface area contributed by atoms with Crippen LogP contribution in [-0.4, -0.2) is 16.2 Å². The summed E-state index contributed by atoms with van der Waals surface area (Å²) in [6.45, 7) is 1.91. The summed E-state index contributed by atoms with van der Waals surface area (Å²) < 4.78 is 13.5. The molecule has 0 saturated carbocycles. The number of rotatable bonds is 4. The molecule has 1 unspecified atom stereocenters. The van der Waals surface area contributed by atoms with Crippen LogP contribution in [0.2, 0.25) is 5.02 Å². The summed E-state index contributed by atoms with van der Waals surface area (Å²) in [5.41, 5.74) is 1.19. The molecular weight excluding hydrogens is 273 g/mol. The quantitative estimate of drug-likeness (QED) is 0.934. The molecule has 1 heterocycles. The van der Waals surface area contributed by atoms with E-state index >= 15 is 0 Å². The molecule has 0 saturated heterocycles. The summed E-state index contributed by atoms with van der Waals surface area (Å²) in [4.78, 5) is 4.27. The number of hydrogen-bond donors (Lipinski definition) is 1. The number of nitrogens with zero attached hydrogens (tertiary/aromatic N) is 1. The summed E-state index contributed by atoms with van der Waals surface area (Å²) in [6.07, 6.45) is -0.0715. The zero-order chi connectivity index (χ0) is 13.1. The Balaban J connectivity index is 2.05. The molecule has 2 rings (SSSR count). The lowest BCUT2D eigenvalue weighted by molar-refractivity contribution is 0.173. The van der Waals surface area contributed by atoms with Crippen LogP contribution in [0.3, 0.4) is 0 Å². The molecular formula is C13H13ClFNOS. The van der Waals surface area contributed by atoms with Crippen molar-refractivity contribution < 1.29 is 9.50 Å². The van der Waals surface area contributed by atoms with Crippen molar-refractivity contribution in [3.05, 3.63) is 50.7 Å². The monoisotopic (exact) mass is 285 g/mol. The van der Waals surface area contributed by atoms with Crippen LogP contribution in [0.25, 0.3) is 0 Å². The van der Waals surface area contributed by atoms with Gasteiger partial charge in [0, 0.05) is 28.8 Å². The molecule has 1 N–H and O–H groups in total. The Morgan fingerprint density at radius 2 is 2.22 bits per heavy atom. The summed E-state index contributed by atoms with van der Waals surface area (Å²) in [7, 11) is 0. The van der Waals surface area contributed by atoms with Gasteiger partial charge in [0.15, 0.2) is 0 Å². The molecule has 5 heteroatoms. The molecule has 96 valence electrons. The fourth-order valence-electron chi connectivity index (χ4n) is 1.78. The van der Waals surface area contributed by atoms with Crippen molar-refractivity contribution >= 4 is 22.9 Å². The van der Waals surface area contributed by atoms with E-state index in [2.05, 4.69) is 4.98 Å². The fourth-order valence-corrected chi connectivity index (χ4v) is 2.64. The number of benzene rings is 1. The minimum atomic E-state index is -0.680. The van der Waals surface area contributed by atoms with Crippen LogP contribution in [0.1, 0.15) is 16.3 Å². The van der Waals surface area contributed by atoms with Gasteiger partial charge in [-0.15, -0.1) is 11.3 Å². The topological polar surface area (TPSA) is 33.1 Å². The molecule has 0 aliphatic heterocycles. The van der Waals surface area contributed by atoms with Gasteiger partial charge >= 0.3 is 0 Å². The molecule has 0 aliphatic rings. The molecule has 1 aromatic heterocycles. The van der Waals surface area contributed by atoms with E-state index < -0.39 is 6.10 Å². The van der Waals surface area contributed by atoms with Crippen molar-refractivity contribution in [2.75, 3.05) is 0 Å². The summed E-state index contributed by atoms with van der Waals surface area (Å²) in [5.74, 6) is -0.379. The Labute approximate surface area is 114 Å². The first-order chi connectivity index (χ1) is 8.56. The van der Waals surface area contributed by atoms with Gasteiger partial charge < -0.3 is 5.11 Å². The Bertz CT molecular complexity index is 523. The van der Waals surface area contributed by atoms with Gasteiger partial charge in [-0.1, -0.05) is 17.7 Å². The average molecular weight is 286 g/mol. The van der Waals surface area contributed by atoms with Gasteiger partial charge in [0.2, 0.25) is 0 Å². The first-order valence-electron chi connectivity index (χ1n) is 5.58. The van der Waals surface area contributed by atoms with Crippen molar-refractivity contribution in [2.24, 2.45) is 0 Å². The van der Waals surface area contributed by atoms with Crippen LogP contribution in [0.4, 0.5) is 4.39 Å². The van der Waals surface area contributed by atoms with E-state index in [1.54, 1.807) is 12.1 Å². The molecule has 0 fully saturated rings. The van der Waals surface area contributed by atoms with Gasteiger partial charge in [-0.05, 0) is 19.1 Å². The molecule has 0 spiro atoms. The molecule has 2 aromatic rings. The largest absolute Gasteiger partial charge is 0.392 e. The molecule has 0 bridgehead atoms. The van der Waals surface area contributed by atoms with E-state index in [0.717, 1.165) is 10.7 Å². The fraction of sp³-hybridized carbons (Fsp3) is 0.308. The summed E-state index contributed by atoms with van der Waals surface area (Å²) >= 11 is 7.45. The standard InChI is InChI=1S/C13H13ClFNOS/c1-8-16-9(7-18-8)5-10(17)6-11-12(14)3-2-4-13(11)15/h2-4,7,10,17H,5-6H2,1H3. The van der Waals surface area contributed by atoms with E-state index in [-0.39, 0.29) is 12.2 Å². The van der Waals surface area contributed by atoms with Crippen LogP contribution in [0.15, 0.2) is 23.6 Å². The summed E-state index contributed by atoms with van der Waals surface area (Å²) in [5, 5.41) is 13.2. The Morgan fingerprint density at radius 3 is 2.83 bits per heavy atom. The highest BCUT2D eigenvalue weighted by Crippen LogP contribution is 2.21. The number of hydrogen-bond acceptors (Lipinski definition) is 3. The zero-order valence-corrected chi connectivity index (χ0v) is 11.4. The van der Waals surface area contributed by atoms with Crippen LogP contribution < -0.4 is 0 Å². The minimum Gasteiger partial charge on any atom is -0.392 e. The van der Waals surface area contributed by atoms with Gasteiger partial charge in [0.05, 0.1) is 16.8 Å². The van der Waals surface area contributed by atoms with Crippen LogP contribution in [0.5, 0.6) is 0 Å². The molecule has 0 radical (unpaired) electrons. The number of aliphatic hydroxyl groups is 1. The van der Waals surface area contributed by atoms with Crippen molar-refractivity contribution in [1.82, 2.24) is 4.98 Å². The number of halogens is 2. The predicted octanol–water partition coefficient (Wildman–Crippen LogP) is 3.39. The molecule has 1 atom stereocenters. The molecule has 18 heavy (non-hydrogen) atoms. The molecule has 0 amide bonds. The maximum absolute atomic E-state index is 13.5. The average Bonchev–Trinajstić information content (AvgIpc) is 2.69. The highest BCUT2D eigenvalue weighted by Gasteiger charge is 2.14. The third-order valence-electron chi connectivity index (χ3n) is 2.61. The number of aromatic nitrogens is 1. The maximum Gasteiger partial charge on any atom is 0.127 e. The van der Waals surface area contributed by atoms with E-state index in [1.807, 2.05) is 12.3 Å². The van der Waals surface area contributed by atoms with Crippen LogP contribution in [0, 0.1) is 12.7 Å². The second-order valence-electron chi connectivity index (χ2n) is 4.12. The van der Waals surface area contributed by atoms with Crippen LogP contribution in [-0.2, 0) is 12.8 Å². The molecule has 0 aliphatic carbocycles. The Hall–Kier alpha value is -0.970. The van der Waals surface area contributed by atoms with E-state index in [0.29, 0.717) is 17.0 Å². The SMILES string of the molecule is Cc1nc(CC(O)Cc2c(F)cccc2Cl)cs1. The highest BCUT2D eigenvalue weighted by atomic mass is 35.5. The second-order valence-corrected chi connectivity index (χ2v) is 5.59. The Kier molecular flexibility index (Phi) is 4.32. The second kappa shape index (κ2) is 5.78. The van der Waals surface area contributed by atoms with E-state index in [1.165, 1.54) is 17.4 Å². The maximum atomic E-state index is 13.5. The van der Waals surface area contributed by atoms with E-state index in [4.69, 9.17) is 11.6 Å². The highest BCUT2D eigenvalue weighted by molar-refractivity contribution is 7.09. The predicted molar refractivity (Wildman–Crippen MR) is 71.7 cm³/mol. The lowest BCUT2D eigenvalue weighted by Crippen LogP contribution is -2.15. The number of aryl methyl sites for hydroxylation is 1. The van der Waals surface area contributed by atoms with Gasteiger partial charge in [0.25, 0.3) is 0 Å². The van der Waals surface area contributed by atoms with Crippen LogP contribution >= 0.6 is 22.9 Å². The van der Waals surface area contributed by atoms with Gasteiger partial charge in [-0.2, -0.15) is 0 Å².